The van der Waals surface area contributed by atoms with Crippen molar-refractivity contribution < 1.29 is 14.3 Å². The molecule has 1 aliphatic heterocycles. The monoisotopic (exact) mass is 473 g/mol. The van der Waals surface area contributed by atoms with E-state index in [1.165, 1.54) is 35.4 Å². The number of piperazine rings is 1. The lowest BCUT2D eigenvalue weighted by atomic mass is 10.1. The van der Waals surface area contributed by atoms with Crippen molar-refractivity contribution in [1.29, 1.82) is 5.41 Å². The number of methoxy groups -OCH3 is 1. The predicted octanol–water partition coefficient (Wildman–Crippen LogP) is 1.21. The summed E-state index contributed by atoms with van der Waals surface area (Å²) in [7, 11) is 1.48. The number of aromatic nitrogens is 6. The zero-order valence-corrected chi connectivity index (χ0v) is 19.2. The predicted molar refractivity (Wildman–Crippen MR) is 126 cm³/mol. The van der Waals surface area contributed by atoms with Gasteiger partial charge in [0.15, 0.2) is 5.82 Å². The van der Waals surface area contributed by atoms with E-state index in [9.17, 15) is 9.59 Å². The number of amidine groups is 1. The number of ether oxygens (including phenoxy) is 1. The Labute approximate surface area is 200 Å². The maximum atomic E-state index is 13.3. The van der Waals surface area contributed by atoms with E-state index in [4.69, 9.17) is 10.1 Å². The van der Waals surface area contributed by atoms with E-state index in [0.29, 0.717) is 66.0 Å². The van der Waals surface area contributed by atoms with Gasteiger partial charge in [-0.3, -0.25) is 20.0 Å². The van der Waals surface area contributed by atoms with Crippen LogP contribution >= 0.6 is 0 Å². The number of H-pyrrole nitrogens is 1. The number of carbonyl (C=O) groups is 2. The van der Waals surface area contributed by atoms with E-state index >= 15 is 0 Å². The smallest absolute Gasteiger partial charge is 0.295 e. The van der Waals surface area contributed by atoms with Crippen molar-refractivity contribution in [2.24, 2.45) is 0 Å². The number of hydrogen-bond donors (Lipinski definition) is 2. The molecule has 4 aromatic rings. The Morgan fingerprint density at radius 2 is 1.86 bits per heavy atom. The highest BCUT2D eigenvalue weighted by molar-refractivity contribution is 6.45. The number of Topliss-reactive ketones (excluding diaryl/α,β-unsaturated/α-hetero) is 1. The number of nitrogens with one attached hydrogen (secondary N) is 2. The summed E-state index contributed by atoms with van der Waals surface area (Å²) < 4.78 is 6.94. The number of ketones is 1. The van der Waals surface area contributed by atoms with Crippen LogP contribution in [0.5, 0.6) is 5.75 Å². The van der Waals surface area contributed by atoms with Crippen LogP contribution in [-0.2, 0) is 4.79 Å². The molecule has 0 spiro atoms. The fourth-order valence-corrected chi connectivity index (χ4v) is 4.12. The molecule has 1 amide bonds. The summed E-state index contributed by atoms with van der Waals surface area (Å²) in [6, 6.07) is 5.40. The molecule has 1 fully saturated rings. The van der Waals surface area contributed by atoms with Crippen LogP contribution in [0.25, 0.3) is 16.7 Å². The molecule has 0 bridgehead atoms. The number of pyridine rings is 2. The quantitative estimate of drug-likeness (QED) is 0.190. The standard InChI is InChI=1S/C23H23N9O3/c1-14-28-13-32(29-14)22-19-18(17(35-2)12-27-22)15(11-26-19)20(33)23(34)31-9-7-30(8-10-31)21(24)16-5-3-4-6-25-16/h3-6,11-13,24,26H,7-10H2,1-2H3. The Morgan fingerprint density at radius 3 is 2.51 bits per heavy atom. The number of aryl methyl sites for hydroxylation is 1. The first-order valence-electron chi connectivity index (χ1n) is 11.0. The van der Waals surface area contributed by atoms with Gasteiger partial charge < -0.3 is 19.5 Å². The highest BCUT2D eigenvalue weighted by Gasteiger charge is 2.31. The number of fused-ring (bicyclic) bond motifs is 1. The Morgan fingerprint density at radius 1 is 1.09 bits per heavy atom. The van der Waals surface area contributed by atoms with Gasteiger partial charge in [0.25, 0.3) is 11.7 Å². The number of aromatic amines is 1. The Bertz CT molecular complexity index is 1420. The molecule has 2 N–H and O–H groups in total. The summed E-state index contributed by atoms with van der Waals surface area (Å²) >= 11 is 0. The van der Waals surface area contributed by atoms with Crippen LogP contribution in [0.4, 0.5) is 0 Å². The SMILES string of the molecule is COc1cnc(-n2cnc(C)n2)c2[nH]cc(C(=O)C(=O)N3CCN(C(=N)c4ccccn4)CC3)c12. The Hall–Kier alpha value is -4.61. The molecule has 0 aliphatic carbocycles. The van der Waals surface area contributed by atoms with E-state index in [1.807, 2.05) is 11.0 Å². The molecule has 12 nitrogen and oxygen atoms in total. The Kier molecular flexibility index (Phi) is 5.69. The molecule has 0 atom stereocenters. The van der Waals surface area contributed by atoms with Gasteiger partial charge in [-0.15, -0.1) is 0 Å². The fraction of sp³-hybridized carbons (Fsp3) is 0.261. The van der Waals surface area contributed by atoms with E-state index in [-0.39, 0.29) is 5.56 Å². The summed E-state index contributed by atoms with van der Waals surface area (Å²) in [5.74, 6) is 0.431. The van der Waals surface area contributed by atoms with E-state index in [2.05, 4.69) is 25.0 Å². The van der Waals surface area contributed by atoms with E-state index < -0.39 is 11.7 Å². The molecule has 0 unspecified atom stereocenters. The van der Waals surface area contributed by atoms with Gasteiger partial charge in [0, 0.05) is 38.6 Å². The summed E-state index contributed by atoms with van der Waals surface area (Å²) in [5, 5.41) is 13.1. The van der Waals surface area contributed by atoms with Crippen LogP contribution in [0.3, 0.4) is 0 Å². The van der Waals surface area contributed by atoms with Crippen molar-refractivity contribution in [2.45, 2.75) is 6.92 Å². The van der Waals surface area contributed by atoms with Crippen molar-refractivity contribution in [3.63, 3.8) is 0 Å². The molecular weight excluding hydrogens is 450 g/mol. The lowest BCUT2D eigenvalue weighted by molar-refractivity contribution is -0.127. The normalized spacial score (nSPS) is 13.8. The van der Waals surface area contributed by atoms with Crippen LogP contribution in [0.15, 0.2) is 43.1 Å². The van der Waals surface area contributed by atoms with Crippen molar-refractivity contribution in [2.75, 3.05) is 33.3 Å². The minimum atomic E-state index is -0.644. The van der Waals surface area contributed by atoms with Crippen molar-refractivity contribution in [3.05, 3.63) is 60.2 Å². The van der Waals surface area contributed by atoms with Gasteiger partial charge in [-0.05, 0) is 19.1 Å². The van der Waals surface area contributed by atoms with Crippen molar-refractivity contribution in [3.8, 4) is 11.6 Å². The zero-order chi connectivity index (χ0) is 24.5. The number of rotatable bonds is 5. The number of carbonyl (C=O) groups excluding carboxylic acids is 2. The molecule has 35 heavy (non-hydrogen) atoms. The van der Waals surface area contributed by atoms with E-state index in [1.54, 1.807) is 25.3 Å². The third-order valence-corrected chi connectivity index (χ3v) is 5.93. The van der Waals surface area contributed by atoms with Crippen molar-refractivity contribution in [1.82, 2.24) is 39.5 Å². The van der Waals surface area contributed by atoms with Crippen LogP contribution in [0.1, 0.15) is 21.9 Å². The van der Waals surface area contributed by atoms with Gasteiger partial charge in [-0.25, -0.2) is 14.6 Å². The zero-order valence-electron chi connectivity index (χ0n) is 19.2. The maximum Gasteiger partial charge on any atom is 0.295 e. The largest absolute Gasteiger partial charge is 0.494 e. The van der Waals surface area contributed by atoms with Crippen LogP contribution in [-0.4, -0.2) is 90.3 Å². The first kappa shape index (κ1) is 22.2. The van der Waals surface area contributed by atoms with Crippen molar-refractivity contribution >= 4 is 28.4 Å². The third kappa shape index (κ3) is 3.98. The lowest BCUT2D eigenvalue weighted by Gasteiger charge is -2.35. The summed E-state index contributed by atoms with van der Waals surface area (Å²) in [6.07, 6.45) is 6.16. The molecule has 0 radical (unpaired) electrons. The molecule has 1 saturated heterocycles. The lowest BCUT2D eigenvalue weighted by Crippen LogP contribution is -2.52. The second-order valence-corrected chi connectivity index (χ2v) is 8.01. The molecular formula is C23H23N9O3. The van der Waals surface area contributed by atoms with Gasteiger partial charge in [0.05, 0.1) is 29.8 Å². The highest BCUT2D eigenvalue weighted by atomic mass is 16.5. The summed E-state index contributed by atoms with van der Waals surface area (Å²) in [5.41, 5.74) is 1.28. The highest BCUT2D eigenvalue weighted by Crippen LogP contribution is 2.31. The summed E-state index contributed by atoms with van der Waals surface area (Å²) in [6.45, 7) is 3.28. The topological polar surface area (TPSA) is 146 Å². The van der Waals surface area contributed by atoms with Gasteiger partial charge in [0.1, 0.15) is 29.4 Å². The average molecular weight is 473 g/mol. The fourth-order valence-electron chi connectivity index (χ4n) is 4.12. The molecule has 5 heterocycles. The van der Waals surface area contributed by atoms with Crippen LogP contribution < -0.4 is 4.74 Å². The maximum absolute atomic E-state index is 13.3. The minimum Gasteiger partial charge on any atom is -0.494 e. The van der Waals surface area contributed by atoms with Crippen LogP contribution in [0, 0.1) is 12.3 Å². The minimum absolute atomic E-state index is 0.200. The molecule has 0 saturated carbocycles. The molecule has 0 aromatic carbocycles. The molecule has 12 heteroatoms. The van der Waals surface area contributed by atoms with Gasteiger partial charge in [-0.1, -0.05) is 6.07 Å². The summed E-state index contributed by atoms with van der Waals surface area (Å²) in [4.78, 5) is 45.6. The van der Waals surface area contributed by atoms with Crippen LogP contribution in [0.2, 0.25) is 0 Å². The number of hydrogen-bond acceptors (Lipinski definition) is 8. The Balaban J connectivity index is 1.37. The van der Waals surface area contributed by atoms with Gasteiger partial charge in [-0.2, -0.15) is 5.10 Å². The number of amides is 1. The van der Waals surface area contributed by atoms with E-state index in [0.717, 1.165) is 0 Å². The van der Waals surface area contributed by atoms with Gasteiger partial charge >= 0.3 is 0 Å². The average Bonchev–Trinajstić information content (AvgIpc) is 3.54. The molecule has 4 aromatic heterocycles. The second kappa shape index (κ2) is 8.97. The molecule has 178 valence electrons. The first-order valence-corrected chi connectivity index (χ1v) is 11.0. The number of nitrogens with zero attached hydrogens (tertiary/aromatic N) is 7. The third-order valence-electron chi connectivity index (χ3n) is 5.93. The molecule has 1 aliphatic rings. The first-order chi connectivity index (χ1) is 17.0. The second-order valence-electron chi connectivity index (χ2n) is 8.01. The van der Waals surface area contributed by atoms with Gasteiger partial charge in [0.2, 0.25) is 0 Å². The molecule has 5 rings (SSSR count).